The Hall–Kier alpha value is -1.35. The maximum Gasteiger partial charge on any atom is 0.255 e. The number of unbranched alkanes of at least 4 members (excludes halogenated alkanes) is 1. The molecule has 150 valence electrons. The molecule has 0 saturated heterocycles. The average molecular weight is 371 g/mol. The van der Waals surface area contributed by atoms with E-state index in [9.17, 15) is 4.79 Å². The monoisotopic (exact) mass is 370 g/mol. The lowest BCUT2D eigenvalue weighted by Crippen LogP contribution is -2.42. The summed E-state index contributed by atoms with van der Waals surface area (Å²) in [6, 6.07) is 8.74. The van der Waals surface area contributed by atoms with Gasteiger partial charge in [0, 0.05) is 23.7 Å². The van der Waals surface area contributed by atoms with Crippen molar-refractivity contribution in [2.24, 2.45) is 0 Å². The first-order valence-electron chi connectivity index (χ1n) is 11.5. The van der Waals surface area contributed by atoms with Gasteiger partial charge in [0.1, 0.15) is 6.17 Å². The zero-order valence-corrected chi connectivity index (χ0v) is 17.2. The van der Waals surface area contributed by atoms with E-state index in [1.54, 1.807) is 0 Å². The van der Waals surface area contributed by atoms with Crippen LogP contribution in [0.25, 0.3) is 0 Å². The van der Waals surface area contributed by atoms with Crippen molar-refractivity contribution in [3.05, 3.63) is 35.4 Å². The second kappa shape index (κ2) is 10.8. The zero-order chi connectivity index (χ0) is 18.9. The van der Waals surface area contributed by atoms with Crippen molar-refractivity contribution >= 4 is 5.91 Å². The van der Waals surface area contributed by atoms with Gasteiger partial charge in [0.25, 0.3) is 5.91 Å². The molecule has 1 aromatic rings. The molecular formula is C24H38N2O. The molecule has 1 N–H and O–H groups in total. The fourth-order valence-corrected chi connectivity index (χ4v) is 4.66. The number of hydrogen-bond donors (Lipinski definition) is 1. The number of rotatable bonds is 5. The van der Waals surface area contributed by atoms with Crippen LogP contribution in [0.3, 0.4) is 0 Å². The first-order valence-corrected chi connectivity index (χ1v) is 11.5. The molecule has 1 aromatic carbocycles. The van der Waals surface area contributed by atoms with Gasteiger partial charge in [0.2, 0.25) is 0 Å². The Bertz CT molecular complexity index is 573. The molecule has 1 fully saturated rings. The van der Waals surface area contributed by atoms with E-state index in [0.717, 1.165) is 24.9 Å². The lowest BCUT2D eigenvalue weighted by atomic mass is 9.97. The molecule has 3 heteroatoms. The second-order valence-electron chi connectivity index (χ2n) is 8.46. The number of nitrogens with zero attached hydrogens (tertiary/aromatic N) is 1. The van der Waals surface area contributed by atoms with E-state index in [4.69, 9.17) is 0 Å². The van der Waals surface area contributed by atoms with Crippen LogP contribution in [0.1, 0.15) is 112 Å². The third-order valence-electron chi connectivity index (χ3n) is 6.31. The molecule has 1 aliphatic carbocycles. The summed E-state index contributed by atoms with van der Waals surface area (Å²) in [6.45, 7) is 3.05. The Morgan fingerprint density at radius 1 is 0.926 bits per heavy atom. The van der Waals surface area contributed by atoms with Gasteiger partial charge in [-0.25, -0.2) is 0 Å². The topological polar surface area (TPSA) is 32.3 Å². The lowest BCUT2D eigenvalue weighted by molar-refractivity contribution is 0.0674. The van der Waals surface area contributed by atoms with E-state index in [1.807, 2.05) is 12.1 Å². The SMILES string of the molecule is CCCCN1C(=O)c2ccccc2C1NC1CCCCCCCCCCC1. The summed E-state index contributed by atoms with van der Waals surface area (Å²) >= 11 is 0. The normalized spacial score (nSPS) is 22.9. The van der Waals surface area contributed by atoms with Crippen molar-refractivity contribution in [1.82, 2.24) is 10.2 Å². The largest absolute Gasteiger partial charge is 0.319 e. The van der Waals surface area contributed by atoms with Crippen molar-refractivity contribution in [2.45, 2.75) is 103 Å². The number of nitrogens with one attached hydrogen (secondary N) is 1. The minimum atomic E-state index is 0.0677. The summed E-state index contributed by atoms with van der Waals surface area (Å²) < 4.78 is 0. The van der Waals surface area contributed by atoms with E-state index in [-0.39, 0.29) is 12.1 Å². The summed E-state index contributed by atoms with van der Waals surface area (Å²) in [5.41, 5.74) is 2.09. The number of amides is 1. The van der Waals surface area contributed by atoms with Crippen molar-refractivity contribution in [1.29, 1.82) is 0 Å². The molecule has 0 bridgehead atoms. The highest BCUT2D eigenvalue weighted by atomic mass is 16.2. The third-order valence-corrected chi connectivity index (χ3v) is 6.31. The van der Waals surface area contributed by atoms with Crippen LogP contribution in [0.5, 0.6) is 0 Å². The van der Waals surface area contributed by atoms with E-state index in [0.29, 0.717) is 6.04 Å². The zero-order valence-electron chi connectivity index (χ0n) is 17.2. The fraction of sp³-hybridized carbons (Fsp3) is 0.708. The summed E-state index contributed by atoms with van der Waals surface area (Å²) in [5, 5.41) is 3.92. The van der Waals surface area contributed by atoms with Crippen LogP contribution in [0.2, 0.25) is 0 Å². The highest BCUT2D eigenvalue weighted by Crippen LogP contribution is 2.33. The molecule has 1 heterocycles. The number of hydrogen-bond acceptors (Lipinski definition) is 2. The number of carbonyl (C=O) groups excluding carboxylic acids is 1. The fourth-order valence-electron chi connectivity index (χ4n) is 4.66. The highest BCUT2D eigenvalue weighted by Gasteiger charge is 2.36. The number of benzene rings is 1. The van der Waals surface area contributed by atoms with Crippen molar-refractivity contribution in [3.8, 4) is 0 Å². The van der Waals surface area contributed by atoms with E-state index in [1.165, 1.54) is 76.2 Å². The Kier molecular flexibility index (Phi) is 8.19. The van der Waals surface area contributed by atoms with Crippen LogP contribution in [0.15, 0.2) is 24.3 Å². The Labute approximate surface area is 165 Å². The van der Waals surface area contributed by atoms with Gasteiger partial charge in [0.05, 0.1) is 0 Å². The van der Waals surface area contributed by atoms with Gasteiger partial charge in [-0.05, 0) is 25.3 Å². The quantitative estimate of drug-likeness (QED) is 0.669. The van der Waals surface area contributed by atoms with Crippen LogP contribution >= 0.6 is 0 Å². The van der Waals surface area contributed by atoms with Crippen molar-refractivity contribution in [2.75, 3.05) is 6.54 Å². The van der Waals surface area contributed by atoms with Crippen molar-refractivity contribution < 1.29 is 4.79 Å². The molecule has 1 amide bonds. The standard InChI is InChI=1S/C24H38N2O/c1-2-3-19-26-23(21-17-13-14-18-22(21)24(26)27)25-20-15-11-9-7-5-4-6-8-10-12-16-20/h13-14,17-18,20,23,25H,2-12,15-16,19H2,1H3. The molecule has 1 unspecified atom stereocenters. The molecule has 2 aliphatic rings. The number of fused-ring (bicyclic) bond motifs is 1. The smallest absolute Gasteiger partial charge is 0.255 e. The van der Waals surface area contributed by atoms with Crippen LogP contribution < -0.4 is 5.32 Å². The molecule has 0 spiro atoms. The third kappa shape index (κ3) is 5.57. The van der Waals surface area contributed by atoms with Gasteiger partial charge in [-0.2, -0.15) is 0 Å². The van der Waals surface area contributed by atoms with Gasteiger partial charge in [-0.1, -0.05) is 89.3 Å². The predicted octanol–water partition coefficient (Wildman–Crippen LogP) is 6.20. The van der Waals surface area contributed by atoms with Crippen LogP contribution in [0.4, 0.5) is 0 Å². The molecule has 3 rings (SSSR count). The van der Waals surface area contributed by atoms with Gasteiger partial charge in [-0.3, -0.25) is 10.1 Å². The minimum Gasteiger partial charge on any atom is -0.319 e. The molecule has 3 nitrogen and oxygen atoms in total. The maximum atomic E-state index is 12.9. The van der Waals surface area contributed by atoms with E-state index >= 15 is 0 Å². The Morgan fingerprint density at radius 2 is 1.52 bits per heavy atom. The van der Waals surface area contributed by atoms with Crippen LogP contribution in [0, 0.1) is 0 Å². The van der Waals surface area contributed by atoms with Gasteiger partial charge >= 0.3 is 0 Å². The van der Waals surface area contributed by atoms with Crippen molar-refractivity contribution in [3.63, 3.8) is 0 Å². The van der Waals surface area contributed by atoms with E-state index < -0.39 is 0 Å². The molecule has 1 atom stereocenters. The maximum absolute atomic E-state index is 12.9. The first kappa shape index (κ1) is 20.4. The molecular weight excluding hydrogens is 332 g/mol. The van der Waals surface area contributed by atoms with Crippen LogP contribution in [-0.2, 0) is 0 Å². The predicted molar refractivity (Wildman–Crippen MR) is 113 cm³/mol. The lowest BCUT2D eigenvalue weighted by Gasteiger charge is -2.31. The van der Waals surface area contributed by atoms with Gasteiger partial charge < -0.3 is 4.90 Å². The molecule has 0 radical (unpaired) electrons. The Balaban J connectivity index is 1.69. The van der Waals surface area contributed by atoms with Gasteiger partial charge in [0.15, 0.2) is 0 Å². The summed E-state index contributed by atoms with van der Waals surface area (Å²) in [6.07, 6.45) is 17.1. The first-order chi connectivity index (χ1) is 13.3. The molecule has 1 saturated carbocycles. The molecule has 0 aromatic heterocycles. The molecule has 27 heavy (non-hydrogen) atoms. The highest BCUT2D eigenvalue weighted by molar-refractivity contribution is 5.99. The van der Waals surface area contributed by atoms with Crippen LogP contribution in [-0.4, -0.2) is 23.4 Å². The minimum absolute atomic E-state index is 0.0677. The average Bonchev–Trinajstić information content (AvgIpc) is 2.94. The summed E-state index contributed by atoms with van der Waals surface area (Å²) in [5.74, 6) is 0.213. The summed E-state index contributed by atoms with van der Waals surface area (Å²) in [7, 11) is 0. The number of carbonyl (C=O) groups is 1. The van der Waals surface area contributed by atoms with E-state index in [2.05, 4.69) is 29.3 Å². The van der Waals surface area contributed by atoms with Gasteiger partial charge in [-0.15, -0.1) is 0 Å². The second-order valence-corrected chi connectivity index (χ2v) is 8.46. The summed E-state index contributed by atoms with van der Waals surface area (Å²) in [4.78, 5) is 15.0. The Morgan fingerprint density at radius 3 is 2.15 bits per heavy atom. The molecule has 1 aliphatic heterocycles.